The number of nitrogens with one attached hydrogen (secondary N) is 1. The van der Waals surface area contributed by atoms with E-state index in [0.29, 0.717) is 5.82 Å². The predicted octanol–water partition coefficient (Wildman–Crippen LogP) is 3.10. The summed E-state index contributed by atoms with van der Waals surface area (Å²) in [5, 5.41) is 4.71. The second kappa shape index (κ2) is 5.41. The molecule has 0 aliphatic carbocycles. The van der Waals surface area contributed by atoms with Gasteiger partial charge in [0.2, 0.25) is 5.91 Å². The van der Waals surface area contributed by atoms with Gasteiger partial charge in [0.05, 0.1) is 0 Å². The van der Waals surface area contributed by atoms with Gasteiger partial charge in [0, 0.05) is 17.2 Å². The van der Waals surface area contributed by atoms with E-state index >= 15 is 0 Å². The Kier molecular flexibility index (Phi) is 3.67. The van der Waals surface area contributed by atoms with Gasteiger partial charge in [0.25, 0.3) is 0 Å². The molecule has 4 heteroatoms. The van der Waals surface area contributed by atoms with Crippen molar-refractivity contribution in [3.8, 4) is 0 Å². The third kappa shape index (κ3) is 3.26. The molecule has 0 saturated heterocycles. The van der Waals surface area contributed by atoms with Crippen LogP contribution in [0.5, 0.6) is 0 Å². The summed E-state index contributed by atoms with van der Waals surface area (Å²) in [5.41, 5.74) is 0.949. The number of carbonyl (C=O) groups is 1. The summed E-state index contributed by atoms with van der Waals surface area (Å²) in [7, 11) is 0. The molecule has 2 aromatic rings. The van der Waals surface area contributed by atoms with E-state index in [1.165, 1.54) is 6.08 Å². The van der Waals surface area contributed by atoms with Crippen molar-refractivity contribution in [3.05, 3.63) is 52.4 Å². The van der Waals surface area contributed by atoms with E-state index in [4.69, 9.17) is 0 Å². The zero-order valence-electron chi connectivity index (χ0n) is 9.38. The third-order valence-electron chi connectivity index (χ3n) is 2.19. The van der Waals surface area contributed by atoms with Crippen LogP contribution in [0.1, 0.15) is 10.4 Å². The van der Waals surface area contributed by atoms with Crippen LogP contribution >= 0.6 is 11.3 Å². The maximum Gasteiger partial charge on any atom is 0.249 e. The smallest absolute Gasteiger partial charge is 0.249 e. The number of nitrogens with zero attached hydrogens (tertiary/aromatic N) is 1. The zero-order valence-corrected chi connectivity index (χ0v) is 10.2. The van der Waals surface area contributed by atoms with Gasteiger partial charge in [0.15, 0.2) is 0 Å². The van der Waals surface area contributed by atoms with Gasteiger partial charge in [-0.3, -0.25) is 4.79 Å². The highest BCUT2D eigenvalue weighted by molar-refractivity contribution is 7.10. The molecule has 0 saturated carbocycles. The van der Waals surface area contributed by atoms with Gasteiger partial charge in [0.1, 0.15) is 5.82 Å². The van der Waals surface area contributed by atoms with Crippen molar-refractivity contribution >= 4 is 29.1 Å². The summed E-state index contributed by atoms with van der Waals surface area (Å²) in [4.78, 5) is 16.8. The number of hydrogen-bond acceptors (Lipinski definition) is 3. The molecule has 0 radical (unpaired) electrons. The van der Waals surface area contributed by atoms with Gasteiger partial charge in [-0.2, -0.15) is 0 Å². The lowest BCUT2D eigenvalue weighted by molar-refractivity contribution is -0.111. The number of aromatic nitrogens is 1. The maximum absolute atomic E-state index is 11.6. The van der Waals surface area contributed by atoms with Crippen molar-refractivity contribution in [2.75, 3.05) is 5.32 Å². The van der Waals surface area contributed by atoms with E-state index < -0.39 is 0 Å². The summed E-state index contributed by atoms with van der Waals surface area (Å²) in [6.07, 6.45) is 4.96. The lowest BCUT2D eigenvalue weighted by atomic mass is 10.3. The fourth-order valence-corrected chi connectivity index (χ4v) is 1.94. The number of rotatable bonds is 3. The Labute approximate surface area is 104 Å². The standard InChI is InChI=1S/C13H12N2OS/c1-10-4-2-8-14-13(10)15-12(16)7-6-11-5-3-9-17-11/h2-9H,1H3,(H,14,15,16)/b7-6+. The minimum Gasteiger partial charge on any atom is -0.307 e. The van der Waals surface area contributed by atoms with Crippen LogP contribution in [0.4, 0.5) is 5.82 Å². The number of anilines is 1. The molecule has 0 aromatic carbocycles. The minimum atomic E-state index is -0.166. The summed E-state index contributed by atoms with van der Waals surface area (Å²) in [6, 6.07) is 7.66. The average Bonchev–Trinajstić information content (AvgIpc) is 2.82. The first-order chi connectivity index (χ1) is 8.25. The number of pyridine rings is 1. The van der Waals surface area contributed by atoms with Crippen LogP contribution in [0.25, 0.3) is 6.08 Å². The summed E-state index contributed by atoms with van der Waals surface area (Å²) >= 11 is 1.59. The average molecular weight is 244 g/mol. The lowest BCUT2D eigenvalue weighted by Crippen LogP contribution is -2.10. The normalized spacial score (nSPS) is 10.6. The second-order valence-corrected chi connectivity index (χ2v) is 4.49. The molecule has 0 bridgehead atoms. The molecule has 0 fully saturated rings. The predicted molar refractivity (Wildman–Crippen MR) is 71.0 cm³/mol. The van der Waals surface area contributed by atoms with Crippen molar-refractivity contribution in [2.24, 2.45) is 0 Å². The monoisotopic (exact) mass is 244 g/mol. The van der Waals surface area contributed by atoms with E-state index in [9.17, 15) is 4.79 Å². The Balaban J connectivity index is 2.01. The van der Waals surface area contributed by atoms with Crippen molar-refractivity contribution in [1.29, 1.82) is 0 Å². The molecule has 3 nitrogen and oxygen atoms in total. The molecule has 0 spiro atoms. The molecule has 1 amide bonds. The molecule has 0 unspecified atom stereocenters. The van der Waals surface area contributed by atoms with Gasteiger partial charge < -0.3 is 5.32 Å². The van der Waals surface area contributed by atoms with Crippen LogP contribution < -0.4 is 5.32 Å². The van der Waals surface area contributed by atoms with Crippen LogP contribution in [-0.2, 0) is 4.79 Å². The topological polar surface area (TPSA) is 42.0 Å². The number of thiophene rings is 1. The summed E-state index contributed by atoms with van der Waals surface area (Å²) in [5.74, 6) is 0.438. The minimum absolute atomic E-state index is 0.166. The van der Waals surface area contributed by atoms with Crippen molar-refractivity contribution in [2.45, 2.75) is 6.92 Å². The Bertz CT molecular complexity index is 532. The number of hydrogen-bond donors (Lipinski definition) is 1. The molecular formula is C13H12N2OS. The molecular weight excluding hydrogens is 232 g/mol. The zero-order chi connectivity index (χ0) is 12.1. The molecule has 1 N–H and O–H groups in total. The van der Waals surface area contributed by atoms with Crippen LogP contribution in [0.2, 0.25) is 0 Å². The molecule has 17 heavy (non-hydrogen) atoms. The molecule has 2 aromatic heterocycles. The largest absolute Gasteiger partial charge is 0.307 e. The van der Waals surface area contributed by atoms with E-state index in [0.717, 1.165) is 10.4 Å². The first-order valence-corrected chi connectivity index (χ1v) is 6.08. The highest BCUT2D eigenvalue weighted by Gasteiger charge is 2.01. The Morgan fingerprint density at radius 2 is 2.29 bits per heavy atom. The SMILES string of the molecule is Cc1cccnc1NC(=O)/C=C/c1cccs1. The van der Waals surface area contributed by atoms with Gasteiger partial charge in [-0.25, -0.2) is 4.98 Å². The van der Waals surface area contributed by atoms with Gasteiger partial charge in [-0.1, -0.05) is 12.1 Å². The molecule has 2 heterocycles. The summed E-state index contributed by atoms with van der Waals surface area (Å²) < 4.78 is 0. The first-order valence-electron chi connectivity index (χ1n) is 5.20. The molecule has 0 aliphatic rings. The third-order valence-corrected chi connectivity index (χ3v) is 3.03. The first kappa shape index (κ1) is 11.5. The fraction of sp³-hybridized carbons (Fsp3) is 0.0769. The van der Waals surface area contributed by atoms with E-state index in [-0.39, 0.29) is 5.91 Å². The highest BCUT2D eigenvalue weighted by Crippen LogP contribution is 2.11. The van der Waals surface area contributed by atoms with Gasteiger partial charge in [-0.15, -0.1) is 11.3 Å². The molecule has 0 aliphatic heterocycles. The number of amides is 1. The lowest BCUT2D eigenvalue weighted by Gasteiger charge is -2.03. The van der Waals surface area contributed by atoms with Crippen LogP contribution in [0.15, 0.2) is 41.9 Å². The number of aryl methyl sites for hydroxylation is 1. The van der Waals surface area contributed by atoms with Crippen LogP contribution in [-0.4, -0.2) is 10.9 Å². The summed E-state index contributed by atoms with van der Waals surface area (Å²) in [6.45, 7) is 1.91. The van der Waals surface area contributed by atoms with Crippen molar-refractivity contribution in [1.82, 2.24) is 4.98 Å². The second-order valence-electron chi connectivity index (χ2n) is 3.51. The van der Waals surface area contributed by atoms with E-state index in [2.05, 4.69) is 10.3 Å². The fourth-order valence-electron chi connectivity index (χ4n) is 1.32. The highest BCUT2D eigenvalue weighted by atomic mass is 32.1. The van der Waals surface area contributed by atoms with E-state index in [1.54, 1.807) is 23.6 Å². The van der Waals surface area contributed by atoms with E-state index in [1.807, 2.05) is 36.6 Å². The van der Waals surface area contributed by atoms with Crippen LogP contribution in [0.3, 0.4) is 0 Å². The van der Waals surface area contributed by atoms with Crippen molar-refractivity contribution in [3.63, 3.8) is 0 Å². The van der Waals surface area contributed by atoms with Gasteiger partial charge >= 0.3 is 0 Å². The van der Waals surface area contributed by atoms with Gasteiger partial charge in [-0.05, 0) is 36.1 Å². The maximum atomic E-state index is 11.6. The quantitative estimate of drug-likeness (QED) is 0.843. The molecule has 0 atom stereocenters. The molecule has 2 rings (SSSR count). The van der Waals surface area contributed by atoms with Crippen LogP contribution in [0, 0.1) is 6.92 Å². The van der Waals surface area contributed by atoms with Crippen molar-refractivity contribution < 1.29 is 4.79 Å². The Morgan fingerprint density at radius 3 is 3.00 bits per heavy atom. The number of carbonyl (C=O) groups excluding carboxylic acids is 1. The Morgan fingerprint density at radius 1 is 1.41 bits per heavy atom. The Hall–Kier alpha value is -1.94. The molecule has 86 valence electrons.